The van der Waals surface area contributed by atoms with E-state index in [2.05, 4.69) is 25.1 Å². The first-order chi connectivity index (χ1) is 7.79. The monoisotopic (exact) mass is 239 g/mol. The van der Waals surface area contributed by atoms with Gasteiger partial charge in [0.05, 0.1) is 6.33 Å². The topological polar surface area (TPSA) is 112 Å². The van der Waals surface area contributed by atoms with E-state index in [0.717, 1.165) is 11.5 Å². The van der Waals surface area contributed by atoms with Gasteiger partial charge in [-0.3, -0.25) is 10.1 Å². The number of aromatic nitrogens is 5. The number of imidazole rings is 1. The van der Waals surface area contributed by atoms with Gasteiger partial charge in [-0.05, 0) is 5.21 Å². The van der Waals surface area contributed by atoms with E-state index in [4.69, 9.17) is 5.73 Å². The van der Waals surface area contributed by atoms with Crippen LogP contribution in [0.1, 0.15) is 10.5 Å². The summed E-state index contributed by atoms with van der Waals surface area (Å²) in [7, 11) is 0. The molecule has 84 valence electrons. The molecule has 0 aliphatic heterocycles. The minimum atomic E-state index is -0.339. The highest BCUT2D eigenvalue weighted by molar-refractivity contribution is 7.09. The lowest BCUT2D eigenvalue weighted by Gasteiger charge is -1.96. The molecule has 0 bridgehead atoms. The van der Waals surface area contributed by atoms with Crippen molar-refractivity contribution in [2.24, 2.45) is 5.73 Å². The van der Waals surface area contributed by atoms with Crippen molar-refractivity contribution in [1.29, 1.82) is 0 Å². The predicted octanol–water partition coefficient (Wildman–Crippen LogP) is -0.659. The number of amides is 1. The van der Waals surface area contributed by atoms with Crippen LogP contribution in [0.25, 0.3) is 0 Å². The van der Waals surface area contributed by atoms with Crippen molar-refractivity contribution in [3.63, 3.8) is 0 Å². The van der Waals surface area contributed by atoms with Gasteiger partial charge in [-0.15, -0.1) is 0 Å². The first-order valence-corrected chi connectivity index (χ1v) is 5.25. The van der Waals surface area contributed by atoms with Gasteiger partial charge in [-0.2, -0.15) is 0 Å². The third kappa shape index (κ3) is 2.38. The van der Waals surface area contributed by atoms with Crippen LogP contribution in [0.2, 0.25) is 0 Å². The maximum atomic E-state index is 11.6. The summed E-state index contributed by atoms with van der Waals surface area (Å²) < 4.78 is 5.27. The van der Waals surface area contributed by atoms with Crippen molar-refractivity contribution in [2.75, 3.05) is 11.9 Å². The van der Waals surface area contributed by atoms with E-state index < -0.39 is 0 Å². The first kappa shape index (κ1) is 10.6. The van der Waals surface area contributed by atoms with Crippen molar-refractivity contribution in [2.45, 2.75) is 6.54 Å². The third-order valence-corrected chi connectivity index (χ3v) is 2.28. The number of hydrogen-bond donors (Lipinski definition) is 2. The van der Waals surface area contributed by atoms with Crippen LogP contribution < -0.4 is 11.1 Å². The van der Waals surface area contributed by atoms with E-state index in [1.165, 1.54) is 0 Å². The van der Waals surface area contributed by atoms with E-state index in [-0.39, 0.29) is 5.91 Å². The summed E-state index contributed by atoms with van der Waals surface area (Å²) in [4.78, 5) is 15.6. The zero-order valence-corrected chi connectivity index (χ0v) is 9.02. The molecule has 2 rings (SSSR count). The number of nitrogens with zero attached hydrogens (tertiary/aromatic N) is 5. The average molecular weight is 239 g/mol. The minimum Gasteiger partial charge on any atom is -0.335 e. The zero-order chi connectivity index (χ0) is 11.4. The lowest BCUT2D eigenvalue weighted by molar-refractivity contribution is 0.102. The molecule has 0 fully saturated rings. The summed E-state index contributed by atoms with van der Waals surface area (Å²) in [5.74, 6) is -0.339. The SMILES string of the molecule is NCCn1cnc(C(=O)Nc2nnns2)c1. The van der Waals surface area contributed by atoms with Gasteiger partial charge in [0.2, 0.25) is 5.13 Å². The average Bonchev–Trinajstić information content (AvgIpc) is 2.89. The summed E-state index contributed by atoms with van der Waals surface area (Å²) in [6.07, 6.45) is 3.18. The second-order valence-electron chi connectivity index (χ2n) is 2.91. The molecular weight excluding hydrogens is 230 g/mol. The molecule has 9 heteroatoms. The third-order valence-electron chi connectivity index (χ3n) is 1.77. The van der Waals surface area contributed by atoms with Gasteiger partial charge in [0.15, 0.2) is 0 Å². The molecule has 8 nitrogen and oxygen atoms in total. The van der Waals surface area contributed by atoms with Gasteiger partial charge in [-0.1, -0.05) is 9.59 Å². The maximum Gasteiger partial charge on any atom is 0.277 e. The molecule has 0 spiro atoms. The largest absolute Gasteiger partial charge is 0.335 e. The fourth-order valence-electron chi connectivity index (χ4n) is 1.09. The molecule has 3 N–H and O–H groups in total. The Morgan fingerprint density at radius 3 is 3.19 bits per heavy atom. The molecule has 1 amide bonds. The second-order valence-corrected chi connectivity index (χ2v) is 3.64. The number of anilines is 1. The highest BCUT2D eigenvalue weighted by Crippen LogP contribution is 2.07. The lowest BCUT2D eigenvalue weighted by atomic mass is 10.4. The Balaban J connectivity index is 2.03. The van der Waals surface area contributed by atoms with Crippen LogP contribution in [0.5, 0.6) is 0 Å². The highest BCUT2D eigenvalue weighted by atomic mass is 32.1. The van der Waals surface area contributed by atoms with Crippen LogP contribution in [0.3, 0.4) is 0 Å². The van der Waals surface area contributed by atoms with Crippen molar-refractivity contribution < 1.29 is 4.79 Å². The van der Waals surface area contributed by atoms with Gasteiger partial charge >= 0.3 is 0 Å². The molecule has 0 aliphatic rings. The van der Waals surface area contributed by atoms with Crippen LogP contribution in [0, 0.1) is 0 Å². The van der Waals surface area contributed by atoms with E-state index in [0.29, 0.717) is 23.9 Å². The van der Waals surface area contributed by atoms with E-state index in [1.54, 1.807) is 17.1 Å². The lowest BCUT2D eigenvalue weighted by Crippen LogP contribution is -2.12. The van der Waals surface area contributed by atoms with Crippen molar-refractivity contribution in [1.82, 2.24) is 24.4 Å². The number of hydrogen-bond acceptors (Lipinski definition) is 7. The Kier molecular flexibility index (Phi) is 3.17. The molecule has 0 aromatic carbocycles. The molecule has 0 aliphatic carbocycles. The van der Waals surface area contributed by atoms with Gasteiger partial charge in [-0.25, -0.2) is 4.98 Å². The predicted molar refractivity (Wildman–Crippen MR) is 56.9 cm³/mol. The molecule has 0 saturated heterocycles. The summed E-state index contributed by atoms with van der Waals surface area (Å²) in [6, 6.07) is 0. The molecular formula is C7H9N7OS. The Morgan fingerprint density at radius 2 is 2.50 bits per heavy atom. The normalized spacial score (nSPS) is 10.3. The van der Waals surface area contributed by atoms with E-state index in [9.17, 15) is 4.79 Å². The Bertz CT molecular complexity index is 465. The fourth-order valence-corrected chi connectivity index (χ4v) is 1.45. The van der Waals surface area contributed by atoms with Crippen LogP contribution in [-0.4, -0.2) is 36.8 Å². The molecule has 2 heterocycles. The molecule has 16 heavy (non-hydrogen) atoms. The highest BCUT2D eigenvalue weighted by Gasteiger charge is 2.11. The number of nitrogens with two attached hydrogens (primary N) is 1. The fraction of sp³-hybridized carbons (Fsp3) is 0.286. The first-order valence-electron chi connectivity index (χ1n) is 4.48. The summed E-state index contributed by atoms with van der Waals surface area (Å²) in [5.41, 5.74) is 5.69. The van der Waals surface area contributed by atoms with Gasteiger partial charge in [0.1, 0.15) is 5.69 Å². The van der Waals surface area contributed by atoms with Crippen LogP contribution in [-0.2, 0) is 6.54 Å². The summed E-state index contributed by atoms with van der Waals surface area (Å²) in [6.45, 7) is 1.12. The van der Waals surface area contributed by atoms with Crippen molar-refractivity contribution >= 4 is 22.6 Å². The molecule has 2 aromatic heterocycles. The van der Waals surface area contributed by atoms with E-state index >= 15 is 0 Å². The quantitative estimate of drug-likeness (QED) is 0.732. The Labute approximate surface area is 94.7 Å². The van der Waals surface area contributed by atoms with Gasteiger partial charge in [0, 0.05) is 30.8 Å². The molecule has 0 saturated carbocycles. The van der Waals surface area contributed by atoms with Crippen molar-refractivity contribution in [3.8, 4) is 0 Å². The molecule has 2 aromatic rings. The summed E-state index contributed by atoms with van der Waals surface area (Å²) >= 11 is 1.00. The minimum absolute atomic E-state index is 0.309. The number of carbonyl (C=O) groups is 1. The number of carbonyl (C=O) groups excluding carboxylic acids is 1. The molecule has 0 radical (unpaired) electrons. The smallest absolute Gasteiger partial charge is 0.277 e. The van der Waals surface area contributed by atoms with Crippen LogP contribution >= 0.6 is 11.5 Å². The van der Waals surface area contributed by atoms with Gasteiger partial charge in [0.25, 0.3) is 5.91 Å². The van der Waals surface area contributed by atoms with Crippen LogP contribution in [0.15, 0.2) is 12.5 Å². The summed E-state index contributed by atoms with van der Waals surface area (Å²) in [5, 5.41) is 9.84. The standard InChI is InChI=1S/C7H9N7OS/c8-1-2-14-3-5(9-4-14)6(15)10-7-11-12-13-16-7/h3-4H,1-2,8H2,(H,10,11,13,15). The number of nitrogens with one attached hydrogen (secondary N) is 1. The second kappa shape index (κ2) is 4.77. The number of rotatable bonds is 4. The zero-order valence-electron chi connectivity index (χ0n) is 8.20. The van der Waals surface area contributed by atoms with Crippen LogP contribution in [0.4, 0.5) is 5.13 Å². The Morgan fingerprint density at radius 1 is 1.62 bits per heavy atom. The van der Waals surface area contributed by atoms with E-state index in [1.807, 2.05) is 0 Å². The van der Waals surface area contributed by atoms with Crippen molar-refractivity contribution in [3.05, 3.63) is 18.2 Å². The Hall–Kier alpha value is -1.87. The molecule has 0 atom stereocenters. The molecule has 0 unspecified atom stereocenters. The maximum absolute atomic E-state index is 11.6. The van der Waals surface area contributed by atoms with Gasteiger partial charge < -0.3 is 10.3 Å².